The molecule has 0 spiro atoms. The van der Waals surface area contributed by atoms with Crippen molar-refractivity contribution < 1.29 is 47.2 Å². The van der Waals surface area contributed by atoms with Gasteiger partial charge in [-0.3, -0.25) is 48.4 Å². The first-order valence-electron chi connectivity index (χ1n) is 34.4. The average Bonchev–Trinajstić information content (AvgIpc) is 0.893. The smallest absolute Gasteiger partial charge is 0.258 e. The van der Waals surface area contributed by atoms with Crippen LogP contribution in [0.2, 0.25) is 36.3 Å². The minimum absolute atomic E-state index is 0.00380. The number of hydrazine groups is 2. The van der Waals surface area contributed by atoms with E-state index in [0.717, 1.165) is 28.7 Å². The Hall–Kier alpha value is -6.11. The predicted octanol–water partition coefficient (Wildman–Crippen LogP) is 11.6. The maximum absolute atomic E-state index is 13.8. The molecule has 0 unspecified atom stereocenters. The lowest BCUT2D eigenvalue weighted by atomic mass is 9.84. The highest BCUT2D eigenvalue weighted by Crippen LogP contribution is 2.40. The van der Waals surface area contributed by atoms with E-state index in [-0.39, 0.29) is 93.9 Å². The SMILES string of the molecule is C=CCC[C@@H](O[Si](C)(C)C(C)(C)C)[C@@H](C)C(=O)N[C@H](C(=O)N[C@@H](C)C(=O)N1CCC[C@@H](C(=O)N[C@H](C)c2cccc(C=C)c2)N1)C(C)C.CC(C)[C@@H]1CC(=O)[C@H](C)[C@H](O[Si](C)(C)C(C)(C)C)CC/C=C/c2cccc(c2)[C@@H](C)NC(=O)[C@@H]2CCCN(N2)C(=O)[C@H](C)NC1=O. The van der Waals surface area contributed by atoms with E-state index in [2.05, 4.69) is 137 Å². The number of rotatable bonds is 19. The summed E-state index contributed by atoms with van der Waals surface area (Å²) in [5.41, 5.74) is 10.1. The van der Waals surface area contributed by atoms with Gasteiger partial charge in [0.2, 0.25) is 29.5 Å². The Morgan fingerprint density at radius 2 is 1.38 bits per heavy atom. The molecule has 5 rings (SSSR count). The molecule has 2 aromatic rings. The molecule has 3 aliphatic heterocycles. The van der Waals surface area contributed by atoms with Crippen molar-refractivity contribution in [3.05, 3.63) is 96.1 Å². The van der Waals surface area contributed by atoms with Crippen molar-refractivity contribution in [2.75, 3.05) is 13.1 Å². The number of ketones is 1. The number of Topliss-reactive ketones (excluding diaryl/α,β-unsaturated/α-hetero) is 1. The van der Waals surface area contributed by atoms with E-state index in [1.807, 2.05) is 104 Å². The molecular weight excluding hydrogens is 1220 g/mol. The lowest BCUT2D eigenvalue weighted by Crippen LogP contribution is -2.62. The van der Waals surface area contributed by atoms with Crippen molar-refractivity contribution in [3.8, 4) is 0 Å². The van der Waals surface area contributed by atoms with E-state index < -0.39 is 70.5 Å². The molecule has 12 atom stereocenters. The van der Waals surface area contributed by atoms with Crippen molar-refractivity contribution in [3.63, 3.8) is 0 Å². The highest BCUT2D eigenvalue weighted by Gasteiger charge is 2.44. The first kappa shape index (κ1) is 80.3. The summed E-state index contributed by atoms with van der Waals surface area (Å²) in [5.74, 6) is -3.90. The molecular formula is C73H119N9O10Si2. The first-order chi connectivity index (χ1) is 43.7. The highest BCUT2D eigenvalue weighted by molar-refractivity contribution is 6.74. The maximum atomic E-state index is 13.8. The normalized spacial score (nSPS) is 23.7. The maximum Gasteiger partial charge on any atom is 0.258 e. The zero-order valence-electron chi connectivity index (χ0n) is 60.7. The molecule has 94 heavy (non-hydrogen) atoms. The van der Waals surface area contributed by atoms with E-state index in [0.29, 0.717) is 58.0 Å². The van der Waals surface area contributed by atoms with Crippen LogP contribution < -0.4 is 37.4 Å². The van der Waals surface area contributed by atoms with Crippen molar-refractivity contribution in [2.45, 2.75) is 259 Å². The second kappa shape index (κ2) is 35.8. The molecule has 2 aromatic carbocycles. The summed E-state index contributed by atoms with van der Waals surface area (Å²) in [7, 11) is -4.37. The topological polar surface area (TPSA) is 246 Å². The van der Waals surface area contributed by atoms with Crippen LogP contribution in [-0.2, 0) is 47.2 Å². The van der Waals surface area contributed by atoms with Crippen LogP contribution in [-0.4, -0.2) is 129 Å². The minimum Gasteiger partial charge on any atom is -0.413 e. The Labute approximate surface area is 566 Å². The summed E-state index contributed by atoms with van der Waals surface area (Å²) in [6, 6.07) is 11.7. The predicted molar refractivity (Wildman–Crippen MR) is 382 cm³/mol. The summed E-state index contributed by atoms with van der Waals surface area (Å²) in [6.45, 7) is 48.8. The van der Waals surface area contributed by atoms with E-state index in [4.69, 9.17) is 8.85 Å². The second-order valence-electron chi connectivity index (χ2n) is 30.1. The van der Waals surface area contributed by atoms with Crippen LogP contribution in [0.4, 0.5) is 0 Å². The van der Waals surface area contributed by atoms with E-state index >= 15 is 0 Å². The molecule has 3 heterocycles. The fourth-order valence-electron chi connectivity index (χ4n) is 11.1. The fourth-order valence-corrected chi connectivity index (χ4v) is 14.0. The largest absolute Gasteiger partial charge is 0.413 e. The van der Waals surface area contributed by atoms with E-state index in [1.54, 1.807) is 19.9 Å². The van der Waals surface area contributed by atoms with Crippen LogP contribution in [0.15, 0.2) is 73.8 Å². The van der Waals surface area contributed by atoms with E-state index in [9.17, 15) is 38.4 Å². The summed E-state index contributed by atoms with van der Waals surface area (Å²) in [6.07, 6.45) is 12.5. The summed E-state index contributed by atoms with van der Waals surface area (Å²) in [4.78, 5) is 108. The highest BCUT2D eigenvalue weighted by atomic mass is 28.4. The van der Waals surface area contributed by atoms with Crippen LogP contribution in [0.5, 0.6) is 0 Å². The minimum atomic E-state index is -2.20. The van der Waals surface area contributed by atoms with Gasteiger partial charge in [0.05, 0.1) is 30.2 Å². The van der Waals surface area contributed by atoms with Gasteiger partial charge in [0.25, 0.3) is 11.8 Å². The number of allylic oxidation sites excluding steroid dienone is 2. The summed E-state index contributed by atoms with van der Waals surface area (Å²) in [5, 5.41) is 17.6. The van der Waals surface area contributed by atoms with Crippen molar-refractivity contribution in [1.29, 1.82) is 0 Å². The van der Waals surface area contributed by atoms with Gasteiger partial charge in [-0.2, -0.15) is 0 Å². The van der Waals surface area contributed by atoms with Crippen LogP contribution >= 0.6 is 0 Å². The molecule has 2 saturated heterocycles. The number of nitrogens with zero attached hydrogens (tertiary/aromatic N) is 2. The molecule has 21 heteroatoms. The molecule has 7 amide bonds. The number of hydrogen-bond donors (Lipinski definition) is 7. The number of benzene rings is 2. The van der Waals surface area contributed by atoms with Gasteiger partial charge in [-0.1, -0.05) is 150 Å². The van der Waals surface area contributed by atoms with Crippen molar-refractivity contribution in [1.82, 2.24) is 47.5 Å². The van der Waals surface area contributed by atoms with Gasteiger partial charge >= 0.3 is 0 Å². The summed E-state index contributed by atoms with van der Waals surface area (Å²) < 4.78 is 13.5. The molecule has 3 aliphatic rings. The Morgan fingerprint density at radius 1 is 0.745 bits per heavy atom. The number of nitrogens with one attached hydrogen (secondary N) is 7. The van der Waals surface area contributed by atoms with Gasteiger partial charge in [0.15, 0.2) is 16.6 Å². The molecule has 19 nitrogen and oxygen atoms in total. The lowest BCUT2D eigenvalue weighted by Gasteiger charge is -2.41. The standard InChI is InChI=1S/C37H61N5O5Si.C36H58N4O5Si/c1-13-15-21-31(47-48(11,12)37(8,9)10)25(5)33(43)40-32(24(3)4)35(45)39-27(7)36(46)42-22-17-20-30(41-42)34(44)38-26(6)29-19-16-18-28(14-2)23-29;1-23(2)29-22-31(41)24(3)32(45-46(9,10)36(6,7)8)19-12-11-15-27-16-13-17-28(21-27)25(4)37-34(43)30-18-14-20-40(39-30)35(44)26(5)38-33(29)42/h13-14,16,18-19,23-27,30-32,41H,1-2,15,17,20-22H2,3-12H3,(H,38,44)(H,39,45)(H,40,43);11,13,15-17,21,23-26,29-30,32,39H,12,14,18-20,22H2,1-10H3,(H,37,43)(H,38,42)/b;15-11+/t25-,26-,27+,30+,31-,32+;24-,25+,26-,29-,30-,32+/m10/s1. The molecule has 0 radical (unpaired) electrons. The molecule has 4 bridgehead atoms. The lowest BCUT2D eigenvalue weighted by molar-refractivity contribution is -0.144. The molecule has 524 valence electrons. The Kier molecular flexibility index (Phi) is 30.6. The third-order valence-electron chi connectivity index (χ3n) is 19.7. The Morgan fingerprint density at radius 3 is 2.00 bits per heavy atom. The third-order valence-corrected chi connectivity index (χ3v) is 28.7. The number of fused-ring (bicyclic) bond motifs is 4. The van der Waals surface area contributed by atoms with Crippen LogP contribution in [0, 0.1) is 29.6 Å². The second-order valence-corrected chi connectivity index (χ2v) is 39.6. The van der Waals surface area contributed by atoms with Crippen molar-refractivity contribution in [2.24, 2.45) is 29.6 Å². The van der Waals surface area contributed by atoms with Gasteiger partial charge in [-0.15, -0.1) is 6.58 Å². The molecule has 0 saturated carbocycles. The van der Waals surface area contributed by atoms with Gasteiger partial charge in [-0.25, -0.2) is 10.9 Å². The molecule has 0 aromatic heterocycles. The van der Waals surface area contributed by atoms with Gasteiger partial charge in [0, 0.05) is 31.3 Å². The Bertz CT molecular complexity index is 2960. The summed E-state index contributed by atoms with van der Waals surface area (Å²) >= 11 is 0. The molecule has 0 aliphatic carbocycles. The fraction of sp³-hybridized carbons (Fsp3) is 0.644. The number of hydrogen-bond acceptors (Lipinski definition) is 12. The van der Waals surface area contributed by atoms with Crippen LogP contribution in [0.3, 0.4) is 0 Å². The third kappa shape index (κ3) is 23.3. The molecule has 2 fully saturated rings. The number of carbonyl (C=O) groups is 8. The van der Waals surface area contributed by atoms with Gasteiger partial charge < -0.3 is 35.4 Å². The quantitative estimate of drug-likeness (QED) is 0.0513. The zero-order valence-corrected chi connectivity index (χ0v) is 62.7. The van der Waals surface area contributed by atoms with Gasteiger partial charge in [0.1, 0.15) is 36.0 Å². The zero-order chi connectivity index (χ0) is 70.8. The number of carbonyl (C=O) groups excluding carboxylic acids is 8. The van der Waals surface area contributed by atoms with Crippen LogP contribution in [0.1, 0.15) is 203 Å². The average molecular weight is 1340 g/mol. The van der Waals surface area contributed by atoms with E-state index in [1.165, 1.54) is 10.0 Å². The van der Waals surface area contributed by atoms with Crippen molar-refractivity contribution >= 4 is 75.9 Å². The molecule has 7 N–H and O–H groups in total. The Balaban J connectivity index is 0.000000401. The number of amides is 7. The van der Waals surface area contributed by atoms with Gasteiger partial charge in [-0.05, 0) is 162 Å². The van der Waals surface area contributed by atoms with Crippen LogP contribution in [0.25, 0.3) is 12.2 Å². The monoisotopic (exact) mass is 1340 g/mol. The first-order valence-corrected chi connectivity index (χ1v) is 40.2.